The van der Waals surface area contributed by atoms with Crippen molar-refractivity contribution in [3.8, 4) is 0 Å². The number of rotatable bonds is 6. The molecule has 2 amide bonds. The van der Waals surface area contributed by atoms with Gasteiger partial charge in [0.2, 0.25) is 0 Å². The number of ether oxygens (including phenoxy) is 3. The smallest absolute Gasteiger partial charge is 0.319 e. The van der Waals surface area contributed by atoms with Crippen LogP contribution in [-0.4, -0.2) is 58.6 Å². The predicted octanol–water partition coefficient (Wildman–Crippen LogP) is 1.20. The van der Waals surface area contributed by atoms with Crippen molar-refractivity contribution in [3.63, 3.8) is 0 Å². The summed E-state index contributed by atoms with van der Waals surface area (Å²) in [6.45, 7) is 7.40. The lowest BCUT2D eigenvalue weighted by Crippen LogP contribution is -2.51. The Balaban J connectivity index is 1.76. The van der Waals surface area contributed by atoms with Gasteiger partial charge in [0.25, 0.3) is 0 Å². The van der Waals surface area contributed by atoms with E-state index in [-0.39, 0.29) is 12.6 Å². The van der Waals surface area contributed by atoms with Crippen LogP contribution < -0.4 is 15.5 Å². The predicted molar refractivity (Wildman–Crippen MR) is 99.3 cm³/mol. The average molecular weight is 375 g/mol. The number of urea groups is 1. The molecular formula is C19H25N3O5. The Morgan fingerprint density at radius 2 is 1.96 bits per heavy atom. The first kappa shape index (κ1) is 19.2. The number of morpholine rings is 1. The molecule has 2 saturated heterocycles. The maximum Gasteiger partial charge on any atom is 0.319 e. The summed E-state index contributed by atoms with van der Waals surface area (Å²) in [6, 6.07) is 6.90. The van der Waals surface area contributed by atoms with Crippen molar-refractivity contribution in [1.82, 2.24) is 10.6 Å². The van der Waals surface area contributed by atoms with Gasteiger partial charge in [-0.25, -0.2) is 4.79 Å². The molecule has 0 radical (unpaired) electrons. The fourth-order valence-corrected chi connectivity index (χ4v) is 3.27. The number of nitrogens with one attached hydrogen (secondary N) is 2. The molecule has 27 heavy (non-hydrogen) atoms. The molecule has 1 aromatic rings. The lowest BCUT2D eigenvalue weighted by molar-refractivity contribution is -0.149. The largest absolute Gasteiger partial charge is 0.463 e. The van der Waals surface area contributed by atoms with Gasteiger partial charge in [-0.05, 0) is 17.7 Å². The zero-order valence-electron chi connectivity index (χ0n) is 15.4. The van der Waals surface area contributed by atoms with Crippen LogP contribution in [0.15, 0.2) is 36.5 Å². The highest BCUT2D eigenvalue weighted by molar-refractivity contribution is 5.85. The van der Waals surface area contributed by atoms with Gasteiger partial charge in [-0.15, -0.1) is 0 Å². The summed E-state index contributed by atoms with van der Waals surface area (Å²) in [7, 11) is 1.54. The lowest BCUT2D eigenvalue weighted by Gasteiger charge is -2.34. The molecule has 0 spiro atoms. The van der Waals surface area contributed by atoms with E-state index in [9.17, 15) is 9.59 Å². The quantitative estimate of drug-likeness (QED) is 0.574. The molecule has 146 valence electrons. The van der Waals surface area contributed by atoms with Crippen molar-refractivity contribution < 1.29 is 23.8 Å². The van der Waals surface area contributed by atoms with Crippen LogP contribution in [0.25, 0.3) is 0 Å². The molecule has 2 heterocycles. The normalized spacial score (nSPS) is 22.8. The number of methoxy groups -OCH3 is 1. The van der Waals surface area contributed by atoms with Crippen molar-refractivity contribution in [1.29, 1.82) is 0 Å². The molecule has 2 atom stereocenters. The molecule has 2 aliphatic rings. The van der Waals surface area contributed by atoms with E-state index in [1.54, 1.807) is 0 Å². The molecule has 8 heteroatoms. The number of nitrogens with zero attached hydrogens (tertiary/aromatic N) is 1. The summed E-state index contributed by atoms with van der Waals surface area (Å²) < 4.78 is 15.5. The third-order valence-electron chi connectivity index (χ3n) is 4.68. The minimum absolute atomic E-state index is 0.149. The highest BCUT2D eigenvalue weighted by Gasteiger charge is 2.38. The Kier molecular flexibility index (Phi) is 6.31. The Bertz CT molecular complexity index is 685. The van der Waals surface area contributed by atoms with E-state index in [1.165, 1.54) is 7.11 Å². The van der Waals surface area contributed by atoms with E-state index in [2.05, 4.69) is 22.1 Å². The summed E-state index contributed by atoms with van der Waals surface area (Å²) in [5.41, 5.74) is 2.22. The molecule has 2 fully saturated rings. The Morgan fingerprint density at radius 1 is 1.26 bits per heavy atom. The summed E-state index contributed by atoms with van der Waals surface area (Å²) in [5.74, 6) is -1.17. The van der Waals surface area contributed by atoms with Crippen LogP contribution in [0.5, 0.6) is 0 Å². The third kappa shape index (κ3) is 4.58. The second kappa shape index (κ2) is 8.88. The maximum absolute atomic E-state index is 12.5. The third-order valence-corrected chi connectivity index (χ3v) is 4.68. The average Bonchev–Trinajstić information content (AvgIpc) is 2.68. The van der Waals surface area contributed by atoms with Crippen molar-refractivity contribution in [2.45, 2.75) is 6.04 Å². The van der Waals surface area contributed by atoms with Gasteiger partial charge in [0.15, 0.2) is 0 Å². The summed E-state index contributed by atoms with van der Waals surface area (Å²) in [6.07, 6.45) is 0. The number of carbonyl (C=O) groups excluding carboxylic acids is 2. The molecule has 2 aliphatic heterocycles. The van der Waals surface area contributed by atoms with Crippen LogP contribution in [0.2, 0.25) is 0 Å². The molecule has 8 nitrogen and oxygen atoms in total. The highest BCUT2D eigenvalue weighted by atomic mass is 16.6. The van der Waals surface area contributed by atoms with E-state index < -0.39 is 17.9 Å². The van der Waals surface area contributed by atoms with E-state index in [1.807, 2.05) is 24.3 Å². The van der Waals surface area contributed by atoms with E-state index in [0.717, 1.165) is 24.3 Å². The van der Waals surface area contributed by atoms with Gasteiger partial charge in [0.1, 0.15) is 12.5 Å². The standard InChI is InChI=1S/C19H25N3O5/c1-13-16(18(23)27-12-11-25-2)17(21-19(24)20-13)14-3-5-15(6-4-14)22-7-9-26-10-8-22/h3-6,16-17H,1,7-12H2,2H3,(H2,20,21,24)/t16-,17+/m1/s1. The summed E-state index contributed by atoms with van der Waals surface area (Å²) in [5, 5.41) is 5.37. The number of hydrogen-bond acceptors (Lipinski definition) is 6. The fourth-order valence-electron chi connectivity index (χ4n) is 3.27. The maximum atomic E-state index is 12.5. The number of anilines is 1. The molecule has 3 rings (SSSR count). The van der Waals surface area contributed by atoms with Gasteiger partial charge in [-0.1, -0.05) is 18.7 Å². The highest BCUT2D eigenvalue weighted by Crippen LogP contribution is 2.31. The van der Waals surface area contributed by atoms with E-state index in [0.29, 0.717) is 25.5 Å². The van der Waals surface area contributed by atoms with E-state index >= 15 is 0 Å². The summed E-state index contributed by atoms with van der Waals surface area (Å²) in [4.78, 5) is 26.7. The minimum Gasteiger partial charge on any atom is -0.463 e. The molecule has 1 aromatic carbocycles. The zero-order chi connectivity index (χ0) is 19.2. The number of esters is 1. The molecule has 0 saturated carbocycles. The molecular weight excluding hydrogens is 350 g/mol. The Hall–Kier alpha value is -2.58. The molecule has 0 aliphatic carbocycles. The topological polar surface area (TPSA) is 89.1 Å². The molecule has 0 unspecified atom stereocenters. The van der Waals surface area contributed by atoms with Crippen molar-refractivity contribution in [2.24, 2.45) is 5.92 Å². The van der Waals surface area contributed by atoms with Gasteiger partial charge in [0, 0.05) is 31.6 Å². The van der Waals surface area contributed by atoms with Crippen LogP contribution >= 0.6 is 0 Å². The number of benzene rings is 1. The first-order valence-corrected chi connectivity index (χ1v) is 8.94. The molecule has 0 aromatic heterocycles. The number of carbonyl (C=O) groups is 2. The first-order chi connectivity index (χ1) is 13.1. The number of hydrogen-bond donors (Lipinski definition) is 2. The Labute approximate surface area is 158 Å². The van der Waals surface area contributed by atoms with Gasteiger partial charge in [-0.2, -0.15) is 0 Å². The van der Waals surface area contributed by atoms with Crippen LogP contribution in [0, 0.1) is 5.92 Å². The Morgan fingerprint density at radius 3 is 2.63 bits per heavy atom. The van der Waals surface area contributed by atoms with Gasteiger partial charge in [0.05, 0.1) is 25.9 Å². The minimum atomic E-state index is -0.714. The number of amides is 2. The lowest BCUT2D eigenvalue weighted by atomic mass is 9.89. The second-order valence-corrected chi connectivity index (χ2v) is 6.43. The SMILES string of the molecule is C=C1NC(=O)N[C@@H](c2ccc(N3CCOCC3)cc2)[C@@H]1C(=O)OCCOC. The van der Waals surface area contributed by atoms with Crippen molar-refractivity contribution in [3.05, 3.63) is 42.1 Å². The van der Waals surface area contributed by atoms with Gasteiger partial charge < -0.3 is 29.7 Å². The fraction of sp³-hybridized carbons (Fsp3) is 0.474. The van der Waals surface area contributed by atoms with Crippen LogP contribution in [0.3, 0.4) is 0 Å². The second-order valence-electron chi connectivity index (χ2n) is 6.43. The van der Waals surface area contributed by atoms with Gasteiger partial charge in [-0.3, -0.25) is 4.79 Å². The van der Waals surface area contributed by atoms with Crippen LogP contribution in [-0.2, 0) is 19.0 Å². The van der Waals surface area contributed by atoms with Gasteiger partial charge >= 0.3 is 12.0 Å². The summed E-state index contributed by atoms with van der Waals surface area (Å²) >= 11 is 0. The molecule has 2 N–H and O–H groups in total. The zero-order valence-corrected chi connectivity index (χ0v) is 15.4. The van der Waals surface area contributed by atoms with E-state index in [4.69, 9.17) is 14.2 Å². The molecule has 0 bridgehead atoms. The monoisotopic (exact) mass is 375 g/mol. The van der Waals surface area contributed by atoms with Crippen LogP contribution in [0.4, 0.5) is 10.5 Å². The van der Waals surface area contributed by atoms with Crippen molar-refractivity contribution >= 4 is 17.7 Å². The first-order valence-electron chi connectivity index (χ1n) is 8.94. The van der Waals surface area contributed by atoms with Crippen molar-refractivity contribution in [2.75, 3.05) is 51.5 Å². The van der Waals surface area contributed by atoms with Crippen LogP contribution in [0.1, 0.15) is 11.6 Å².